The molecular weight excluding hydrogens is 446 g/mol. The maximum Gasteiger partial charge on any atom is 0.334 e. The van der Waals surface area contributed by atoms with Crippen LogP contribution in [0.4, 0.5) is 0 Å². The van der Waals surface area contributed by atoms with Gasteiger partial charge in [0.2, 0.25) is 0 Å². The number of unbranched alkanes of at least 4 members (excludes halogenated alkanes) is 7. The summed E-state index contributed by atoms with van der Waals surface area (Å²) in [6.07, 6.45) is 10.0. The van der Waals surface area contributed by atoms with E-state index >= 15 is 0 Å². The summed E-state index contributed by atoms with van der Waals surface area (Å²) in [5.41, 5.74) is -1.30. The lowest BCUT2D eigenvalue weighted by Crippen LogP contribution is -2.58. The Bertz CT molecular complexity index is 839. The molecule has 1 aromatic rings. The van der Waals surface area contributed by atoms with Crippen LogP contribution in [0.3, 0.4) is 0 Å². The zero-order valence-electron chi connectivity index (χ0n) is 21.1. The number of Topliss-reactive ketones (excluding diaryl/α,β-unsaturated/α-hetero) is 1. The van der Waals surface area contributed by atoms with Gasteiger partial charge in [-0.15, -0.1) is 0 Å². The van der Waals surface area contributed by atoms with Crippen molar-refractivity contribution >= 4 is 17.7 Å². The molecule has 1 aliphatic rings. The molecule has 1 aromatic carbocycles. The quantitative estimate of drug-likeness (QED) is 0.182. The number of benzene rings is 1. The number of hydrogen-bond acceptors (Lipinski definition) is 6. The highest BCUT2D eigenvalue weighted by molar-refractivity contribution is 5.98. The molecule has 0 spiro atoms. The van der Waals surface area contributed by atoms with Crippen molar-refractivity contribution < 1.29 is 29.3 Å². The van der Waals surface area contributed by atoms with Crippen molar-refractivity contribution in [3.8, 4) is 0 Å². The zero-order chi connectivity index (χ0) is 25.7. The molecule has 7 nitrogen and oxygen atoms in total. The average molecular weight is 488 g/mol. The average Bonchev–Trinajstić information content (AvgIpc) is 3.07. The van der Waals surface area contributed by atoms with Crippen LogP contribution in [0.25, 0.3) is 0 Å². The number of ether oxygens (including phenoxy) is 1. The second-order valence-corrected chi connectivity index (χ2v) is 9.56. The number of esters is 1. The molecule has 0 saturated carbocycles. The molecular formula is C28H41NO6. The van der Waals surface area contributed by atoms with Crippen molar-refractivity contribution in [2.45, 2.75) is 108 Å². The molecule has 0 radical (unpaired) electrons. The second kappa shape index (κ2) is 14.8. The summed E-state index contributed by atoms with van der Waals surface area (Å²) in [4.78, 5) is 36.8. The van der Waals surface area contributed by atoms with Gasteiger partial charge in [0.15, 0.2) is 11.6 Å². The number of cyclic esters (lactones) is 1. The van der Waals surface area contributed by atoms with E-state index in [0.717, 1.165) is 44.9 Å². The van der Waals surface area contributed by atoms with E-state index in [2.05, 4.69) is 12.2 Å². The molecule has 1 amide bonds. The largest absolute Gasteiger partial charge is 0.455 e. The maximum atomic E-state index is 12.5. The molecule has 0 aliphatic carbocycles. The van der Waals surface area contributed by atoms with Gasteiger partial charge < -0.3 is 20.3 Å². The van der Waals surface area contributed by atoms with E-state index in [0.29, 0.717) is 24.2 Å². The van der Waals surface area contributed by atoms with Crippen LogP contribution in [0, 0.1) is 0 Å². The van der Waals surface area contributed by atoms with Gasteiger partial charge in [0.25, 0.3) is 5.91 Å². The molecule has 4 atom stereocenters. The van der Waals surface area contributed by atoms with Gasteiger partial charge in [-0.3, -0.25) is 9.59 Å². The Labute approximate surface area is 209 Å². The van der Waals surface area contributed by atoms with E-state index < -0.39 is 35.7 Å². The van der Waals surface area contributed by atoms with E-state index in [4.69, 9.17) is 4.74 Å². The number of ketones is 1. The third kappa shape index (κ3) is 8.89. The summed E-state index contributed by atoms with van der Waals surface area (Å²) in [6, 6.07) is 8.38. The summed E-state index contributed by atoms with van der Waals surface area (Å²) >= 11 is 0. The number of aliphatic hydroxyl groups is 2. The van der Waals surface area contributed by atoms with Crippen LogP contribution in [0.5, 0.6) is 0 Å². The molecule has 194 valence electrons. The van der Waals surface area contributed by atoms with Gasteiger partial charge in [0.05, 0.1) is 0 Å². The van der Waals surface area contributed by atoms with Crippen molar-refractivity contribution in [1.29, 1.82) is 0 Å². The summed E-state index contributed by atoms with van der Waals surface area (Å²) in [7, 11) is 0. The molecule has 3 N–H and O–H groups in total. The first-order valence-electron chi connectivity index (χ1n) is 12.9. The fourth-order valence-electron chi connectivity index (χ4n) is 4.20. The lowest BCUT2D eigenvalue weighted by atomic mass is 9.91. The maximum absolute atomic E-state index is 12.5. The Morgan fingerprint density at radius 1 is 1.06 bits per heavy atom. The van der Waals surface area contributed by atoms with Crippen molar-refractivity contribution in [3.05, 3.63) is 48.0 Å². The number of rotatable bonds is 16. The number of carbonyl (C=O) groups is 3. The van der Waals surface area contributed by atoms with Crippen molar-refractivity contribution in [1.82, 2.24) is 5.32 Å². The summed E-state index contributed by atoms with van der Waals surface area (Å²) in [6.45, 7) is 3.56. The van der Waals surface area contributed by atoms with E-state index in [1.165, 1.54) is 25.8 Å². The molecule has 1 fully saturated rings. The number of allylic oxidation sites excluding steroid dienone is 1. The first kappa shape index (κ1) is 28.7. The van der Waals surface area contributed by atoms with Crippen LogP contribution >= 0.6 is 0 Å². The molecule has 0 bridgehead atoms. The van der Waals surface area contributed by atoms with E-state index in [-0.39, 0.29) is 0 Å². The smallest absolute Gasteiger partial charge is 0.334 e. The number of carbonyl (C=O) groups excluding carboxylic acids is 3. The van der Waals surface area contributed by atoms with Crippen molar-refractivity contribution in [2.75, 3.05) is 0 Å². The highest BCUT2D eigenvalue weighted by Gasteiger charge is 2.56. The molecule has 35 heavy (non-hydrogen) atoms. The van der Waals surface area contributed by atoms with Crippen molar-refractivity contribution in [2.24, 2.45) is 0 Å². The Balaban J connectivity index is 1.68. The molecule has 1 heterocycles. The Hall–Kier alpha value is -2.51. The van der Waals surface area contributed by atoms with Gasteiger partial charge in [-0.1, -0.05) is 69.4 Å². The minimum absolute atomic E-state index is 0.356. The number of hydrogen-bond donors (Lipinski definition) is 3. The SMILES string of the molecule is CCCCCCC(=O)CCCCCC/C=C/[C@H](O)[C@H]1OC(=O)[C@@](C)(NC(=O)c2ccccc2)[C@H]1O. The zero-order valence-corrected chi connectivity index (χ0v) is 21.1. The van der Waals surface area contributed by atoms with Crippen LogP contribution < -0.4 is 5.32 Å². The summed E-state index contributed by atoms with van der Waals surface area (Å²) < 4.78 is 5.22. The van der Waals surface area contributed by atoms with E-state index in [1.807, 2.05) is 6.08 Å². The van der Waals surface area contributed by atoms with E-state index in [9.17, 15) is 24.6 Å². The van der Waals surface area contributed by atoms with Crippen LogP contribution in [-0.4, -0.2) is 51.7 Å². The molecule has 0 aromatic heterocycles. The first-order chi connectivity index (χ1) is 16.8. The van der Waals surface area contributed by atoms with Gasteiger partial charge in [0, 0.05) is 18.4 Å². The topological polar surface area (TPSA) is 113 Å². The summed E-state index contributed by atoms with van der Waals surface area (Å²) in [5.74, 6) is -0.930. The number of nitrogens with one attached hydrogen (secondary N) is 1. The standard InChI is InChI=1S/C28H41NO6/c1-3-4-5-13-18-22(30)19-14-8-6-7-9-15-20-23(31)24-25(32)28(2,27(34)35-24)29-26(33)21-16-11-10-12-17-21/h10-12,15-17,20,23-25,31-32H,3-9,13-14,18-19H2,1-2H3,(H,29,33)/b20-15+/t23-,24+,25-,28-/m0/s1. The minimum atomic E-state index is -1.65. The molecule has 7 heteroatoms. The van der Waals surface area contributed by atoms with Crippen LogP contribution in [-0.2, 0) is 14.3 Å². The van der Waals surface area contributed by atoms with Gasteiger partial charge in [0.1, 0.15) is 18.0 Å². The lowest BCUT2D eigenvalue weighted by molar-refractivity contribution is -0.148. The Morgan fingerprint density at radius 3 is 2.34 bits per heavy atom. The van der Waals surface area contributed by atoms with Gasteiger partial charge >= 0.3 is 5.97 Å². The van der Waals surface area contributed by atoms with Crippen LogP contribution in [0.2, 0.25) is 0 Å². The van der Waals surface area contributed by atoms with Gasteiger partial charge in [-0.05, 0) is 44.7 Å². The summed E-state index contributed by atoms with van der Waals surface area (Å²) in [5, 5.41) is 23.7. The predicted molar refractivity (Wildman–Crippen MR) is 135 cm³/mol. The van der Waals surface area contributed by atoms with E-state index in [1.54, 1.807) is 30.3 Å². The molecule has 1 saturated heterocycles. The normalized spacial score (nSPS) is 22.8. The molecule has 0 unspecified atom stereocenters. The van der Waals surface area contributed by atoms with Crippen LogP contribution in [0.15, 0.2) is 42.5 Å². The number of aliphatic hydroxyl groups excluding tert-OH is 2. The monoisotopic (exact) mass is 487 g/mol. The lowest BCUT2D eigenvalue weighted by Gasteiger charge is -2.26. The fraction of sp³-hybridized carbons (Fsp3) is 0.607. The second-order valence-electron chi connectivity index (χ2n) is 9.56. The highest BCUT2D eigenvalue weighted by atomic mass is 16.6. The molecule has 1 aliphatic heterocycles. The Morgan fingerprint density at radius 2 is 1.69 bits per heavy atom. The highest BCUT2D eigenvalue weighted by Crippen LogP contribution is 2.29. The first-order valence-corrected chi connectivity index (χ1v) is 12.9. The predicted octanol–water partition coefficient (Wildman–Crippen LogP) is 4.26. The third-order valence-electron chi connectivity index (χ3n) is 6.53. The Kier molecular flexibility index (Phi) is 12.1. The van der Waals surface area contributed by atoms with Crippen molar-refractivity contribution in [3.63, 3.8) is 0 Å². The molecule has 2 rings (SSSR count). The van der Waals surface area contributed by atoms with Crippen LogP contribution in [0.1, 0.15) is 94.8 Å². The fourth-order valence-corrected chi connectivity index (χ4v) is 4.20. The number of amides is 1. The van der Waals surface area contributed by atoms with Gasteiger partial charge in [-0.25, -0.2) is 4.79 Å². The third-order valence-corrected chi connectivity index (χ3v) is 6.53. The van der Waals surface area contributed by atoms with Gasteiger partial charge in [-0.2, -0.15) is 0 Å². The minimum Gasteiger partial charge on any atom is -0.455 e.